The number of aromatic nitrogens is 1. The fourth-order valence-corrected chi connectivity index (χ4v) is 2.45. The summed E-state index contributed by atoms with van der Waals surface area (Å²) in [5.41, 5.74) is 2.98. The number of nitrogens with one attached hydrogen (secondary N) is 1. The first-order valence-corrected chi connectivity index (χ1v) is 5.27. The molecule has 2 rings (SSSR count). The minimum atomic E-state index is 1.10. The molecule has 2 aromatic rings. The molecule has 0 aliphatic rings. The summed E-state index contributed by atoms with van der Waals surface area (Å²) in [6.45, 7) is 0. The first-order valence-electron chi connectivity index (χ1n) is 3.57. The van der Waals surface area contributed by atoms with Crippen LogP contribution in [-0.2, 0) is 0 Å². The van der Waals surface area contributed by atoms with Gasteiger partial charge in [-0.1, -0.05) is 6.07 Å². The van der Waals surface area contributed by atoms with Crippen molar-refractivity contribution in [2.75, 3.05) is 7.05 Å². The zero-order valence-electron chi connectivity index (χ0n) is 6.57. The Balaban J connectivity index is 2.57. The Kier molecular flexibility index (Phi) is 2.30. The molecule has 1 aromatic carbocycles. The van der Waals surface area contributed by atoms with Crippen molar-refractivity contribution in [2.24, 2.45) is 0 Å². The Hall–Kier alpha value is -0.580. The molecule has 12 heavy (non-hydrogen) atoms. The number of hydrogen-bond acceptors (Lipinski definition) is 4. The summed E-state index contributed by atoms with van der Waals surface area (Å²) in [4.78, 5) is 5.49. The van der Waals surface area contributed by atoms with E-state index in [1.54, 1.807) is 23.3 Å². The lowest BCUT2D eigenvalue weighted by atomic mass is 10.3. The van der Waals surface area contributed by atoms with Gasteiger partial charge in [0.25, 0.3) is 0 Å². The molecule has 0 unspecified atom stereocenters. The molecule has 0 atom stereocenters. The van der Waals surface area contributed by atoms with Crippen molar-refractivity contribution in [3.63, 3.8) is 0 Å². The summed E-state index contributed by atoms with van der Waals surface area (Å²) < 4.78 is 4.29. The van der Waals surface area contributed by atoms with Gasteiger partial charge in [0.2, 0.25) is 0 Å². The van der Waals surface area contributed by atoms with Crippen molar-refractivity contribution in [3.8, 4) is 0 Å². The third kappa shape index (κ3) is 1.33. The summed E-state index contributed by atoms with van der Waals surface area (Å²) in [7, 11) is 1.91. The maximum atomic E-state index is 4.29. The molecule has 4 heteroatoms. The molecule has 0 amide bonds. The topological polar surface area (TPSA) is 24.9 Å². The van der Waals surface area contributed by atoms with E-state index in [2.05, 4.69) is 27.9 Å². The molecule has 0 aliphatic carbocycles. The van der Waals surface area contributed by atoms with Crippen LogP contribution in [0.2, 0.25) is 0 Å². The molecule has 1 heterocycles. The van der Waals surface area contributed by atoms with Gasteiger partial charge in [-0.05, 0) is 31.1 Å². The van der Waals surface area contributed by atoms with E-state index < -0.39 is 0 Å². The summed E-state index contributed by atoms with van der Waals surface area (Å²) in [6, 6.07) is 6.22. The quantitative estimate of drug-likeness (QED) is 0.747. The second-order valence-electron chi connectivity index (χ2n) is 2.26. The average Bonchev–Trinajstić information content (AvgIpc) is 2.53. The van der Waals surface area contributed by atoms with E-state index in [0.717, 1.165) is 5.52 Å². The van der Waals surface area contributed by atoms with Gasteiger partial charge >= 0.3 is 0 Å². The predicted molar refractivity (Wildman–Crippen MR) is 54.5 cm³/mol. The molecule has 2 nitrogen and oxygen atoms in total. The van der Waals surface area contributed by atoms with Crippen LogP contribution in [-0.4, -0.2) is 12.0 Å². The minimum Gasteiger partial charge on any atom is -0.263 e. The van der Waals surface area contributed by atoms with Crippen LogP contribution in [0.25, 0.3) is 10.2 Å². The van der Waals surface area contributed by atoms with E-state index in [9.17, 15) is 0 Å². The Labute approximate surface area is 79.1 Å². The smallest absolute Gasteiger partial charge is 0.0960 e. The van der Waals surface area contributed by atoms with Crippen molar-refractivity contribution in [1.82, 2.24) is 9.71 Å². The zero-order valence-corrected chi connectivity index (χ0v) is 8.21. The third-order valence-electron chi connectivity index (χ3n) is 1.54. The fraction of sp³-hybridized carbons (Fsp3) is 0.125. The molecule has 0 bridgehead atoms. The standard InChI is InChI=1S/C8H8N2S2/c1-9-12-7-4-2-3-6-8(7)10-5-11-6/h2-5,9H,1H3. The number of para-hydroxylation sites is 1. The Morgan fingerprint density at radius 3 is 3.25 bits per heavy atom. The Morgan fingerprint density at radius 2 is 2.42 bits per heavy atom. The first-order chi connectivity index (χ1) is 5.92. The molecule has 1 aromatic heterocycles. The van der Waals surface area contributed by atoms with Crippen molar-refractivity contribution >= 4 is 33.5 Å². The van der Waals surface area contributed by atoms with Gasteiger partial charge in [0, 0.05) is 4.90 Å². The molecular weight excluding hydrogens is 188 g/mol. The van der Waals surface area contributed by atoms with Gasteiger partial charge in [0.1, 0.15) is 0 Å². The molecule has 0 saturated heterocycles. The highest BCUT2D eigenvalue weighted by atomic mass is 32.2. The molecular formula is C8H8N2S2. The van der Waals surface area contributed by atoms with E-state index in [1.165, 1.54) is 9.60 Å². The number of fused-ring (bicyclic) bond motifs is 1. The van der Waals surface area contributed by atoms with Crippen molar-refractivity contribution in [3.05, 3.63) is 23.7 Å². The monoisotopic (exact) mass is 196 g/mol. The molecule has 0 spiro atoms. The van der Waals surface area contributed by atoms with Crippen molar-refractivity contribution < 1.29 is 0 Å². The van der Waals surface area contributed by atoms with Crippen LogP contribution in [0, 0.1) is 0 Å². The van der Waals surface area contributed by atoms with Gasteiger partial charge in [0.05, 0.1) is 15.7 Å². The largest absolute Gasteiger partial charge is 0.263 e. The van der Waals surface area contributed by atoms with Crippen LogP contribution in [0.1, 0.15) is 0 Å². The van der Waals surface area contributed by atoms with Crippen LogP contribution in [0.4, 0.5) is 0 Å². The lowest BCUT2D eigenvalue weighted by molar-refractivity contribution is 1.28. The van der Waals surface area contributed by atoms with E-state index in [-0.39, 0.29) is 0 Å². The maximum absolute atomic E-state index is 4.29. The normalized spacial score (nSPS) is 10.8. The average molecular weight is 196 g/mol. The predicted octanol–water partition coefficient (Wildman–Crippen LogP) is 2.52. The SMILES string of the molecule is CNSc1cccc2scnc12. The summed E-state index contributed by atoms with van der Waals surface area (Å²) in [5, 5.41) is 0. The number of hydrogen-bond donors (Lipinski definition) is 1. The van der Waals surface area contributed by atoms with E-state index >= 15 is 0 Å². The zero-order chi connectivity index (χ0) is 8.39. The van der Waals surface area contributed by atoms with Crippen LogP contribution in [0.3, 0.4) is 0 Å². The number of thiazole rings is 1. The van der Waals surface area contributed by atoms with Gasteiger partial charge in [0.15, 0.2) is 0 Å². The van der Waals surface area contributed by atoms with Crippen LogP contribution >= 0.6 is 23.3 Å². The highest BCUT2D eigenvalue weighted by Gasteiger charge is 2.01. The second kappa shape index (κ2) is 3.43. The van der Waals surface area contributed by atoms with Gasteiger partial charge in [-0.2, -0.15) is 0 Å². The van der Waals surface area contributed by atoms with Crippen molar-refractivity contribution in [2.45, 2.75) is 4.90 Å². The molecule has 0 saturated carbocycles. The Bertz CT molecular complexity index is 383. The van der Waals surface area contributed by atoms with Gasteiger partial charge in [-0.25, -0.2) is 4.98 Å². The van der Waals surface area contributed by atoms with E-state index in [4.69, 9.17) is 0 Å². The molecule has 0 radical (unpaired) electrons. The van der Waals surface area contributed by atoms with E-state index in [1.807, 2.05) is 12.6 Å². The maximum Gasteiger partial charge on any atom is 0.0960 e. The van der Waals surface area contributed by atoms with Crippen molar-refractivity contribution in [1.29, 1.82) is 0 Å². The molecule has 1 N–H and O–H groups in total. The van der Waals surface area contributed by atoms with Crippen LogP contribution < -0.4 is 4.72 Å². The number of rotatable bonds is 2. The Morgan fingerprint density at radius 1 is 1.50 bits per heavy atom. The van der Waals surface area contributed by atoms with Crippen LogP contribution in [0.15, 0.2) is 28.6 Å². The summed E-state index contributed by atoms with van der Waals surface area (Å²) in [5.74, 6) is 0. The molecule has 0 fully saturated rings. The van der Waals surface area contributed by atoms with Crippen LogP contribution in [0.5, 0.6) is 0 Å². The minimum absolute atomic E-state index is 1.10. The second-order valence-corrected chi connectivity index (χ2v) is 4.20. The number of benzene rings is 1. The summed E-state index contributed by atoms with van der Waals surface area (Å²) >= 11 is 3.28. The highest BCUT2D eigenvalue weighted by molar-refractivity contribution is 7.97. The fourth-order valence-electron chi connectivity index (χ4n) is 1.05. The van der Waals surface area contributed by atoms with Gasteiger partial charge in [-0.15, -0.1) is 11.3 Å². The summed E-state index contributed by atoms with van der Waals surface area (Å²) in [6.07, 6.45) is 0. The number of nitrogens with zero attached hydrogens (tertiary/aromatic N) is 1. The third-order valence-corrected chi connectivity index (χ3v) is 3.08. The lowest BCUT2D eigenvalue weighted by Gasteiger charge is -1.98. The molecule has 62 valence electrons. The van der Waals surface area contributed by atoms with Gasteiger partial charge < -0.3 is 0 Å². The first kappa shape index (κ1) is 8.04. The van der Waals surface area contributed by atoms with E-state index in [0.29, 0.717) is 0 Å². The highest BCUT2D eigenvalue weighted by Crippen LogP contribution is 2.26. The lowest BCUT2D eigenvalue weighted by Crippen LogP contribution is -1.90. The molecule has 0 aliphatic heterocycles. The van der Waals surface area contributed by atoms with Gasteiger partial charge in [-0.3, -0.25) is 4.72 Å².